The van der Waals surface area contributed by atoms with Crippen molar-refractivity contribution in [2.24, 2.45) is 0 Å². The number of hydrogen-bond donors (Lipinski definition) is 1. The molecule has 0 bridgehead atoms. The summed E-state index contributed by atoms with van der Waals surface area (Å²) in [6.45, 7) is 3.90. The molecule has 2 aromatic rings. The third-order valence-corrected chi connectivity index (χ3v) is 2.62. The molecule has 1 heterocycles. The highest BCUT2D eigenvalue weighted by Crippen LogP contribution is 2.20. The Labute approximate surface area is 105 Å². The molecule has 0 aliphatic rings. The van der Waals surface area contributed by atoms with Crippen LogP contribution in [0.25, 0.3) is 0 Å². The predicted octanol–water partition coefficient (Wildman–Crippen LogP) is 2.31. The largest absolute Gasteiger partial charge is 0.483 e. The second-order valence-corrected chi connectivity index (χ2v) is 3.92. The fourth-order valence-corrected chi connectivity index (χ4v) is 1.48. The van der Waals surface area contributed by atoms with Crippen LogP contribution in [-0.2, 0) is 4.79 Å². The number of benzene rings is 1. The average Bonchev–Trinajstić information content (AvgIpc) is 2.84. The maximum Gasteiger partial charge on any atom is 0.263 e. The third kappa shape index (κ3) is 2.88. The highest BCUT2D eigenvalue weighted by Gasteiger charge is 2.07. The van der Waals surface area contributed by atoms with Gasteiger partial charge in [0.15, 0.2) is 12.4 Å². The monoisotopic (exact) mass is 246 g/mol. The molecule has 0 aliphatic carbocycles. The van der Waals surface area contributed by atoms with E-state index in [2.05, 4.69) is 15.0 Å². The van der Waals surface area contributed by atoms with Crippen molar-refractivity contribution in [2.75, 3.05) is 11.9 Å². The Kier molecular flexibility index (Phi) is 3.62. The van der Waals surface area contributed by atoms with Gasteiger partial charge in [0, 0.05) is 6.07 Å². The zero-order valence-electron chi connectivity index (χ0n) is 10.3. The first-order valence-corrected chi connectivity index (χ1v) is 5.56. The van der Waals surface area contributed by atoms with E-state index in [1.165, 1.54) is 6.26 Å². The molecule has 0 atom stereocenters. The molecule has 1 aromatic carbocycles. The van der Waals surface area contributed by atoms with Gasteiger partial charge < -0.3 is 14.6 Å². The van der Waals surface area contributed by atoms with E-state index in [-0.39, 0.29) is 12.5 Å². The second kappa shape index (κ2) is 5.35. The molecule has 5 heteroatoms. The van der Waals surface area contributed by atoms with Crippen LogP contribution in [0, 0.1) is 13.8 Å². The lowest BCUT2D eigenvalue weighted by atomic mass is 10.1. The number of carbonyl (C=O) groups excluding carboxylic acids is 1. The van der Waals surface area contributed by atoms with Crippen molar-refractivity contribution in [2.45, 2.75) is 13.8 Å². The molecule has 0 aliphatic heterocycles. The van der Waals surface area contributed by atoms with Crippen molar-refractivity contribution in [3.8, 4) is 5.75 Å². The van der Waals surface area contributed by atoms with E-state index in [0.717, 1.165) is 11.1 Å². The second-order valence-electron chi connectivity index (χ2n) is 3.92. The Balaban J connectivity index is 1.91. The summed E-state index contributed by atoms with van der Waals surface area (Å²) in [6.07, 6.45) is 1.39. The molecule has 0 saturated carbocycles. The highest BCUT2D eigenvalue weighted by molar-refractivity contribution is 5.90. The van der Waals surface area contributed by atoms with Crippen molar-refractivity contribution < 1.29 is 14.1 Å². The lowest BCUT2D eigenvalue weighted by Gasteiger charge is -2.10. The number of amides is 1. The van der Waals surface area contributed by atoms with Crippen LogP contribution in [0.4, 0.5) is 5.82 Å². The molecule has 2 rings (SSSR count). The first-order chi connectivity index (χ1) is 8.66. The molecule has 18 heavy (non-hydrogen) atoms. The molecule has 1 aromatic heterocycles. The molecule has 1 amide bonds. The summed E-state index contributed by atoms with van der Waals surface area (Å²) in [7, 11) is 0. The fraction of sp³-hybridized carbons (Fsp3) is 0.231. The van der Waals surface area contributed by atoms with Gasteiger partial charge in [-0.1, -0.05) is 17.3 Å². The number of ether oxygens (including phenoxy) is 1. The Bertz CT molecular complexity index is 535. The van der Waals surface area contributed by atoms with Gasteiger partial charge in [-0.15, -0.1) is 0 Å². The van der Waals surface area contributed by atoms with E-state index in [0.29, 0.717) is 11.6 Å². The molecule has 0 fully saturated rings. The summed E-state index contributed by atoms with van der Waals surface area (Å²) in [6, 6.07) is 7.30. The number of rotatable bonds is 4. The highest BCUT2D eigenvalue weighted by atomic mass is 16.5. The van der Waals surface area contributed by atoms with Gasteiger partial charge in [0.2, 0.25) is 0 Å². The van der Waals surface area contributed by atoms with Crippen LogP contribution in [0.3, 0.4) is 0 Å². The molecule has 5 nitrogen and oxygen atoms in total. The van der Waals surface area contributed by atoms with Gasteiger partial charge in [0.25, 0.3) is 5.91 Å². The summed E-state index contributed by atoms with van der Waals surface area (Å²) < 4.78 is 10.1. The van der Waals surface area contributed by atoms with E-state index in [4.69, 9.17) is 4.74 Å². The van der Waals surface area contributed by atoms with Gasteiger partial charge >= 0.3 is 0 Å². The van der Waals surface area contributed by atoms with Crippen LogP contribution in [-0.4, -0.2) is 17.7 Å². The van der Waals surface area contributed by atoms with Crippen molar-refractivity contribution in [3.05, 3.63) is 41.7 Å². The fourth-order valence-electron chi connectivity index (χ4n) is 1.48. The Hall–Kier alpha value is -2.30. The number of nitrogens with one attached hydrogen (secondary N) is 1. The van der Waals surface area contributed by atoms with Gasteiger partial charge in [-0.25, -0.2) is 0 Å². The average molecular weight is 246 g/mol. The van der Waals surface area contributed by atoms with Gasteiger partial charge in [-0.05, 0) is 31.0 Å². The number of nitrogens with zero attached hydrogens (tertiary/aromatic N) is 1. The quantitative estimate of drug-likeness (QED) is 0.899. The smallest absolute Gasteiger partial charge is 0.263 e. The Morgan fingerprint density at radius 2 is 2.22 bits per heavy atom. The number of hydrogen-bond acceptors (Lipinski definition) is 4. The van der Waals surface area contributed by atoms with Crippen LogP contribution >= 0.6 is 0 Å². The molecule has 0 saturated heterocycles. The molecule has 0 radical (unpaired) electrons. The molecular formula is C13H14N2O3. The van der Waals surface area contributed by atoms with E-state index >= 15 is 0 Å². The van der Waals surface area contributed by atoms with Crippen molar-refractivity contribution in [1.82, 2.24) is 5.16 Å². The van der Waals surface area contributed by atoms with Gasteiger partial charge in [0.1, 0.15) is 12.0 Å². The lowest BCUT2D eigenvalue weighted by Crippen LogP contribution is -2.20. The number of aryl methyl sites for hydroxylation is 1. The van der Waals surface area contributed by atoms with Crippen molar-refractivity contribution in [3.63, 3.8) is 0 Å². The summed E-state index contributed by atoms with van der Waals surface area (Å²) in [5, 5.41) is 6.14. The van der Waals surface area contributed by atoms with Crippen LogP contribution in [0.2, 0.25) is 0 Å². The van der Waals surface area contributed by atoms with Gasteiger partial charge in [-0.3, -0.25) is 4.79 Å². The van der Waals surface area contributed by atoms with E-state index in [1.807, 2.05) is 32.0 Å². The Morgan fingerprint density at radius 1 is 1.39 bits per heavy atom. The minimum absolute atomic E-state index is 0.0584. The van der Waals surface area contributed by atoms with Gasteiger partial charge in [-0.2, -0.15) is 0 Å². The van der Waals surface area contributed by atoms with E-state index < -0.39 is 0 Å². The molecule has 1 N–H and O–H groups in total. The summed E-state index contributed by atoms with van der Waals surface area (Å²) in [5.41, 5.74) is 2.16. The Morgan fingerprint density at radius 3 is 2.94 bits per heavy atom. The van der Waals surface area contributed by atoms with E-state index in [9.17, 15) is 4.79 Å². The lowest BCUT2D eigenvalue weighted by molar-refractivity contribution is -0.118. The molecule has 0 unspecified atom stereocenters. The topological polar surface area (TPSA) is 64.4 Å². The normalized spacial score (nSPS) is 10.1. The summed E-state index contributed by atoms with van der Waals surface area (Å²) in [4.78, 5) is 11.6. The summed E-state index contributed by atoms with van der Waals surface area (Å²) >= 11 is 0. The maximum absolute atomic E-state index is 11.6. The van der Waals surface area contributed by atoms with Crippen LogP contribution in [0.5, 0.6) is 5.75 Å². The van der Waals surface area contributed by atoms with Crippen LogP contribution < -0.4 is 10.1 Å². The molecule has 94 valence electrons. The predicted molar refractivity (Wildman–Crippen MR) is 66.5 cm³/mol. The first kappa shape index (κ1) is 12.2. The zero-order valence-corrected chi connectivity index (χ0v) is 10.3. The summed E-state index contributed by atoms with van der Waals surface area (Å²) in [5.74, 6) is 0.819. The van der Waals surface area contributed by atoms with Gasteiger partial charge in [0.05, 0.1) is 0 Å². The molecular weight excluding hydrogens is 232 g/mol. The number of aromatic nitrogens is 1. The minimum atomic E-state index is -0.273. The SMILES string of the molecule is Cc1cccc(OCC(=O)Nc2ccon2)c1C. The van der Waals surface area contributed by atoms with Crippen molar-refractivity contribution in [1.29, 1.82) is 0 Å². The maximum atomic E-state index is 11.6. The first-order valence-electron chi connectivity index (χ1n) is 5.56. The number of anilines is 1. The van der Waals surface area contributed by atoms with Crippen molar-refractivity contribution >= 4 is 11.7 Å². The minimum Gasteiger partial charge on any atom is -0.483 e. The zero-order chi connectivity index (χ0) is 13.0. The number of carbonyl (C=O) groups is 1. The van der Waals surface area contributed by atoms with E-state index in [1.54, 1.807) is 6.07 Å². The van der Waals surface area contributed by atoms with Crippen LogP contribution in [0.15, 0.2) is 35.1 Å². The standard InChI is InChI=1S/C13H14N2O3/c1-9-4-3-5-11(10(9)2)17-8-13(16)14-12-6-7-18-15-12/h3-7H,8H2,1-2H3,(H,14,15,16). The third-order valence-electron chi connectivity index (χ3n) is 2.62. The molecule has 0 spiro atoms. The van der Waals surface area contributed by atoms with Crippen LogP contribution in [0.1, 0.15) is 11.1 Å².